The maximum absolute atomic E-state index is 5.09. The third-order valence-corrected chi connectivity index (χ3v) is 2.24. The van der Waals surface area contributed by atoms with Gasteiger partial charge in [0, 0.05) is 11.6 Å². The SMILES string of the molecule is COc1ccc(-c2cc(OC)ncn2)cc1. The first-order valence-corrected chi connectivity index (χ1v) is 4.84. The predicted octanol–water partition coefficient (Wildman–Crippen LogP) is 2.16. The second-order valence-electron chi connectivity index (χ2n) is 3.17. The summed E-state index contributed by atoms with van der Waals surface area (Å²) in [4.78, 5) is 8.14. The number of hydrogen-bond donors (Lipinski definition) is 0. The Hall–Kier alpha value is -2.10. The molecule has 4 nitrogen and oxygen atoms in total. The summed E-state index contributed by atoms with van der Waals surface area (Å²) in [6.45, 7) is 0. The van der Waals surface area contributed by atoms with Crippen LogP contribution in [0.15, 0.2) is 36.7 Å². The van der Waals surface area contributed by atoms with Crippen molar-refractivity contribution in [2.45, 2.75) is 0 Å². The lowest BCUT2D eigenvalue weighted by Crippen LogP contribution is -1.90. The summed E-state index contributed by atoms with van der Waals surface area (Å²) >= 11 is 0. The van der Waals surface area contributed by atoms with Gasteiger partial charge in [-0.1, -0.05) is 0 Å². The summed E-state index contributed by atoms with van der Waals surface area (Å²) in [7, 11) is 3.23. The van der Waals surface area contributed by atoms with Crippen molar-refractivity contribution in [1.29, 1.82) is 0 Å². The maximum atomic E-state index is 5.09. The first-order valence-electron chi connectivity index (χ1n) is 4.84. The largest absolute Gasteiger partial charge is 0.497 e. The molecule has 0 aliphatic carbocycles. The minimum absolute atomic E-state index is 0.556. The van der Waals surface area contributed by atoms with Gasteiger partial charge < -0.3 is 9.47 Å². The van der Waals surface area contributed by atoms with E-state index in [0.717, 1.165) is 17.0 Å². The number of nitrogens with zero attached hydrogens (tertiary/aromatic N) is 2. The second kappa shape index (κ2) is 4.61. The average Bonchev–Trinajstić information content (AvgIpc) is 2.39. The van der Waals surface area contributed by atoms with E-state index in [9.17, 15) is 0 Å². The number of hydrogen-bond acceptors (Lipinski definition) is 4. The Kier molecular flexibility index (Phi) is 3.00. The number of aromatic nitrogens is 2. The highest BCUT2D eigenvalue weighted by molar-refractivity contribution is 5.60. The van der Waals surface area contributed by atoms with E-state index in [2.05, 4.69) is 9.97 Å². The molecule has 0 amide bonds. The first kappa shape index (κ1) is 10.4. The molecule has 82 valence electrons. The number of benzene rings is 1. The van der Waals surface area contributed by atoms with Crippen LogP contribution in [-0.4, -0.2) is 24.2 Å². The van der Waals surface area contributed by atoms with Crippen LogP contribution in [0.25, 0.3) is 11.3 Å². The number of ether oxygens (including phenoxy) is 2. The molecule has 1 aromatic heterocycles. The van der Waals surface area contributed by atoms with E-state index >= 15 is 0 Å². The Morgan fingerprint density at radius 3 is 2.31 bits per heavy atom. The summed E-state index contributed by atoms with van der Waals surface area (Å²) < 4.78 is 10.1. The van der Waals surface area contributed by atoms with Gasteiger partial charge in [0.05, 0.1) is 19.9 Å². The summed E-state index contributed by atoms with van der Waals surface area (Å²) in [6.07, 6.45) is 1.48. The van der Waals surface area contributed by atoms with Crippen molar-refractivity contribution in [3.8, 4) is 22.9 Å². The minimum atomic E-state index is 0.556. The van der Waals surface area contributed by atoms with Gasteiger partial charge in [-0.25, -0.2) is 9.97 Å². The van der Waals surface area contributed by atoms with E-state index in [-0.39, 0.29) is 0 Å². The second-order valence-corrected chi connectivity index (χ2v) is 3.17. The van der Waals surface area contributed by atoms with E-state index in [4.69, 9.17) is 9.47 Å². The molecule has 0 N–H and O–H groups in total. The molecule has 16 heavy (non-hydrogen) atoms. The predicted molar refractivity (Wildman–Crippen MR) is 60.6 cm³/mol. The molecule has 0 saturated heterocycles. The topological polar surface area (TPSA) is 44.2 Å². The van der Waals surface area contributed by atoms with Gasteiger partial charge in [0.1, 0.15) is 12.1 Å². The molecule has 0 bridgehead atoms. The van der Waals surface area contributed by atoms with Crippen LogP contribution in [0, 0.1) is 0 Å². The van der Waals surface area contributed by atoms with Gasteiger partial charge in [-0.15, -0.1) is 0 Å². The Bertz CT molecular complexity index is 469. The van der Waals surface area contributed by atoms with E-state index in [1.807, 2.05) is 24.3 Å². The molecule has 1 aromatic carbocycles. The molecule has 0 radical (unpaired) electrons. The molecular weight excluding hydrogens is 204 g/mol. The molecule has 0 saturated carbocycles. The van der Waals surface area contributed by atoms with E-state index in [0.29, 0.717) is 5.88 Å². The van der Waals surface area contributed by atoms with Crippen LogP contribution < -0.4 is 9.47 Å². The lowest BCUT2D eigenvalue weighted by Gasteiger charge is -2.04. The molecule has 0 atom stereocenters. The zero-order valence-electron chi connectivity index (χ0n) is 9.18. The van der Waals surface area contributed by atoms with Crippen LogP contribution in [0.2, 0.25) is 0 Å². The van der Waals surface area contributed by atoms with Crippen molar-refractivity contribution >= 4 is 0 Å². The van der Waals surface area contributed by atoms with Gasteiger partial charge in [0.25, 0.3) is 0 Å². The number of rotatable bonds is 3. The Labute approximate surface area is 93.9 Å². The van der Waals surface area contributed by atoms with Crippen molar-refractivity contribution in [2.24, 2.45) is 0 Å². The number of methoxy groups -OCH3 is 2. The third kappa shape index (κ3) is 2.11. The highest BCUT2D eigenvalue weighted by Gasteiger charge is 2.02. The Balaban J connectivity index is 2.34. The lowest BCUT2D eigenvalue weighted by molar-refractivity contribution is 0.397. The quantitative estimate of drug-likeness (QED) is 0.788. The van der Waals surface area contributed by atoms with Gasteiger partial charge >= 0.3 is 0 Å². The Morgan fingerprint density at radius 2 is 1.69 bits per heavy atom. The molecule has 0 unspecified atom stereocenters. The van der Waals surface area contributed by atoms with Gasteiger partial charge in [-0.2, -0.15) is 0 Å². The first-order chi connectivity index (χ1) is 7.83. The van der Waals surface area contributed by atoms with Crippen LogP contribution in [0.5, 0.6) is 11.6 Å². The van der Waals surface area contributed by atoms with Crippen molar-refractivity contribution in [2.75, 3.05) is 14.2 Å². The molecule has 0 fully saturated rings. The van der Waals surface area contributed by atoms with Crippen molar-refractivity contribution in [3.05, 3.63) is 36.7 Å². The fourth-order valence-corrected chi connectivity index (χ4v) is 1.37. The highest BCUT2D eigenvalue weighted by Crippen LogP contribution is 2.22. The smallest absolute Gasteiger partial charge is 0.216 e. The summed E-state index contributed by atoms with van der Waals surface area (Å²) in [5, 5.41) is 0. The summed E-state index contributed by atoms with van der Waals surface area (Å²) in [6, 6.07) is 9.47. The maximum Gasteiger partial charge on any atom is 0.216 e. The third-order valence-electron chi connectivity index (χ3n) is 2.24. The van der Waals surface area contributed by atoms with Gasteiger partial charge in [0.2, 0.25) is 5.88 Å². The van der Waals surface area contributed by atoms with Crippen LogP contribution >= 0.6 is 0 Å². The molecule has 2 aromatic rings. The van der Waals surface area contributed by atoms with Crippen molar-refractivity contribution in [1.82, 2.24) is 9.97 Å². The minimum Gasteiger partial charge on any atom is -0.497 e. The van der Waals surface area contributed by atoms with Crippen molar-refractivity contribution in [3.63, 3.8) is 0 Å². The Morgan fingerprint density at radius 1 is 0.938 bits per heavy atom. The molecule has 0 aliphatic heterocycles. The molecule has 0 aliphatic rings. The fraction of sp³-hybridized carbons (Fsp3) is 0.167. The standard InChI is InChI=1S/C12H12N2O2/c1-15-10-5-3-9(4-6-10)11-7-12(16-2)14-8-13-11/h3-8H,1-2H3. The molecule has 0 spiro atoms. The summed E-state index contributed by atoms with van der Waals surface area (Å²) in [5.41, 5.74) is 1.83. The molecular formula is C12H12N2O2. The van der Waals surface area contributed by atoms with Crippen molar-refractivity contribution < 1.29 is 9.47 Å². The summed E-state index contributed by atoms with van der Waals surface area (Å²) in [5.74, 6) is 1.38. The van der Waals surface area contributed by atoms with Crippen LogP contribution in [-0.2, 0) is 0 Å². The zero-order valence-corrected chi connectivity index (χ0v) is 9.18. The molecule has 2 rings (SSSR count). The normalized spacial score (nSPS) is 9.88. The van der Waals surface area contributed by atoms with E-state index < -0.39 is 0 Å². The fourth-order valence-electron chi connectivity index (χ4n) is 1.37. The molecule has 1 heterocycles. The highest BCUT2D eigenvalue weighted by atomic mass is 16.5. The van der Waals surface area contributed by atoms with Crippen LogP contribution in [0.4, 0.5) is 0 Å². The van der Waals surface area contributed by atoms with Gasteiger partial charge in [-0.3, -0.25) is 0 Å². The van der Waals surface area contributed by atoms with Gasteiger partial charge in [0.15, 0.2) is 0 Å². The lowest BCUT2D eigenvalue weighted by atomic mass is 10.1. The average molecular weight is 216 g/mol. The van der Waals surface area contributed by atoms with E-state index in [1.54, 1.807) is 20.3 Å². The van der Waals surface area contributed by atoms with E-state index in [1.165, 1.54) is 6.33 Å². The molecule has 4 heteroatoms. The van der Waals surface area contributed by atoms with Crippen LogP contribution in [0.3, 0.4) is 0 Å². The zero-order chi connectivity index (χ0) is 11.4. The van der Waals surface area contributed by atoms with Gasteiger partial charge in [-0.05, 0) is 24.3 Å². The monoisotopic (exact) mass is 216 g/mol. The van der Waals surface area contributed by atoms with Crippen LogP contribution in [0.1, 0.15) is 0 Å².